The molecule has 1 N–H and O–H groups in total. The van der Waals surface area contributed by atoms with Crippen LogP contribution in [0.2, 0.25) is 0 Å². The Kier molecular flexibility index (Phi) is 4.92. The molecule has 3 aromatic rings. The molecule has 1 spiro atoms. The molecule has 5 rings (SSSR count). The molecule has 1 aromatic carbocycles. The van der Waals surface area contributed by atoms with Gasteiger partial charge in [0, 0.05) is 47.5 Å². The van der Waals surface area contributed by atoms with Gasteiger partial charge in [0.15, 0.2) is 5.69 Å². The third kappa shape index (κ3) is 3.73. The molecule has 0 unspecified atom stereocenters. The monoisotopic (exact) mass is 447 g/mol. The van der Waals surface area contributed by atoms with Gasteiger partial charge in [0.05, 0.1) is 12.6 Å². The second kappa shape index (κ2) is 7.57. The van der Waals surface area contributed by atoms with Gasteiger partial charge in [-0.25, -0.2) is 4.98 Å². The van der Waals surface area contributed by atoms with Crippen LogP contribution >= 0.6 is 0 Å². The van der Waals surface area contributed by atoms with Crippen molar-refractivity contribution >= 4 is 22.6 Å². The first-order chi connectivity index (χ1) is 15.7. The van der Waals surface area contributed by atoms with Crippen LogP contribution in [-0.4, -0.2) is 57.2 Å². The second-order valence-corrected chi connectivity index (χ2v) is 10.1. The average Bonchev–Trinajstić information content (AvgIpc) is 3.23. The van der Waals surface area contributed by atoms with E-state index in [0.717, 1.165) is 22.8 Å². The van der Waals surface area contributed by atoms with E-state index in [0.29, 0.717) is 43.1 Å². The van der Waals surface area contributed by atoms with Crippen molar-refractivity contribution in [2.45, 2.75) is 51.1 Å². The predicted octanol–water partition coefficient (Wildman–Crippen LogP) is 3.16. The van der Waals surface area contributed by atoms with Gasteiger partial charge >= 0.3 is 0 Å². The fraction of sp³-hybridized carbons (Fsp3) is 0.440. The largest absolute Gasteiger partial charge is 0.481 e. The Morgan fingerprint density at radius 3 is 2.64 bits per heavy atom. The van der Waals surface area contributed by atoms with E-state index in [2.05, 4.69) is 36.2 Å². The number of hydrogen-bond acceptors (Lipinski definition) is 5. The van der Waals surface area contributed by atoms with E-state index in [4.69, 9.17) is 4.74 Å². The number of nitrogens with one attached hydrogen (secondary N) is 1. The first-order valence-corrected chi connectivity index (χ1v) is 11.3. The fourth-order valence-corrected chi connectivity index (χ4v) is 4.84. The topological polar surface area (TPSA) is 89.3 Å². The van der Waals surface area contributed by atoms with Crippen LogP contribution in [0.1, 0.15) is 60.0 Å². The number of pyridine rings is 1. The van der Waals surface area contributed by atoms with Crippen LogP contribution in [0.3, 0.4) is 0 Å². The van der Waals surface area contributed by atoms with E-state index in [-0.39, 0.29) is 22.9 Å². The highest BCUT2D eigenvalue weighted by molar-refractivity contribution is 6.00. The van der Waals surface area contributed by atoms with Crippen molar-refractivity contribution in [3.8, 4) is 5.88 Å². The predicted molar refractivity (Wildman–Crippen MR) is 125 cm³/mol. The number of carbonyl (C=O) groups is 2. The number of amides is 2. The number of aromatic nitrogens is 3. The number of nitrogens with zero attached hydrogens (tertiary/aromatic N) is 4. The lowest BCUT2D eigenvalue weighted by Crippen LogP contribution is -2.59. The number of fused-ring (bicyclic) bond motifs is 2. The molecule has 4 heterocycles. The Balaban J connectivity index is 1.33. The van der Waals surface area contributed by atoms with Crippen molar-refractivity contribution in [1.29, 1.82) is 0 Å². The van der Waals surface area contributed by atoms with Gasteiger partial charge in [-0.1, -0.05) is 6.07 Å². The molecule has 1 fully saturated rings. The maximum Gasteiger partial charge on any atom is 0.272 e. The Labute approximate surface area is 192 Å². The Hall–Kier alpha value is -3.42. The summed E-state index contributed by atoms with van der Waals surface area (Å²) in [6, 6.07) is 7.53. The summed E-state index contributed by atoms with van der Waals surface area (Å²) in [6.45, 7) is 7.39. The smallest absolute Gasteiger partial charge is 0.272 e. The van der Waals surface area contributed by atoms with E-state index in [1.54, 1.807) is 13.3 Å². The van der Waals surface area contributed by atoms with Gasteiger partial charge in [-0.05, 0) is 63.6 Å². The normalized spacial score (nSPS) is 17.7. The summed E-state index contributed by atoms with van der Waals surface area (Å²) >= 11 is 0. The number of piperidine rings is 1. The third-order valence-corrected chi connectivity index (χ3v) is 6.78. The molecule has 0 saturated carbocycles. The van der Waals surface area contributed by atoms with Gasteiger partial charge < -0.3 is 15.0 Å². The summed E-state index contributed by atoms with van der Waals surface area (Å²) in [4.78, 5) is 32.2. The van der Waals surface area contributed by atoms with Crippen molar-refractivity contribution in [1.82, 2.24) is 25.0 Å². The molecule has 0 aliphatic carbocycles. The zero-order valence-corrected chi connectivity index (χ0v) is 19.5. The minimum absolute atomic E-state index is 0.0129. The molecule has 33 heavy (non-hydrogen) atoms. The number of likely N-dealkylation sites (tertiary alicyclic amines) is 1. The molecular formula is C25H29N5O3. The molecule has 172 valence electrons. The highest BCUT2D eigenvalue weighted by Crippen LogP contribution is 2.33. The van der Waals surface area contributed by atoms with E-state index >= 15 is 0 Å². The molecule has 2 aromatic heterocycles. The van der Waals surface area contributed by atoms with E-state index in [1.807, 2.05) is 40.0 Å². The lowest BCUT2D eigenvalue weighted by atomic mass is 9.79. The third-order valence-electron chi connectivity index (χ3n) is 6.78. The van der Waals surface area contributed by atoms with Crippen LogP contribution < -0.4 is 10.1 Å². The summed E-state index contributed by atoms with van der Waals surface area (Å²) < 4.78 is 7.23. The summed E-state index contributed by atoms with van der Waals surface area (Å²) in [5, 5.41) is 9.54. The molecule has 8 heteroatoms. The van der Waals surface area contributed by atoms with Gasteiger partial charge in [-0.2, -0.15) is 5.10 Å². The first-order valence-electron chi connectivity index (χ1n) is 11.3. The molecule has 0 radical (unpaired) electrons. The van der Waals surface area contributed by atoms with Crippen LogP contribution in [0.4, 0.5) is 0 Å². The number of hydrogen-bond donors (Lipinski definition) is 1. The number of rotatable bonds is 2. The van der Waals surface area contributed by atoms with Crippen LogP contribution in [0.5, 0.6) is 5.88 Å². The van der Waals surface area contributed by atoms with Gasteiger partial charge in [0.2, 0.25) is 5.88 Å². The van der Waals surface area contributed by atoms with Crippen LogP contribution in [0, 0.1) is 0 Å². The molecule has 2 aliphatic heterocycles. The van der Waals surface area contributed by atoms with Crippen LogP contribution in [0.15, 0.2) is 36.7 Å². The number of methoxy groups -OCH3 is 1. The minimum Gasteiger partial charge on any atom is -0.481 e. The van der Waals surface area contributed by atoms with Crippen molar-refractivity contribution in [3.05, 3.63) is 53.5 Å². The van der Waals surface area contributed by atoms with Gasteiger partial charge in [0.25, 0.3) is 11.8 Å². The minimum atomic E-state index is -0.330. The lowest BCUT2D eigenvalue weighted by Gasteiger charge is -2.44. The van der Waals surface area contributed by atoms with Crippen LogP contribution in [-0.2, 0) is 12.0 Å². The van der Waals surface area contributed by atoms with Gasteiger partial charge in [0.1, 0.15) is 0 Å². The van der Waals surface area contributed by atoms with Crippen molar-refractivity contribution in [3.63, 3.8) is 0 Å². The van der Waals surface area contributed by atoms with Gasteiger partial charge in [-0.3, -0.25) is 14.3 Å². The number of ether oxygens (including phenoxy) is 1. The molecule has 1 saturated heterocycles. The summed E-state index contributed by atoms with van der Waals surface area (Å²) in [6.07, 6.45) is 5.86. The van der Waals surface area contributed by atoms with Crippen molar-refractivity contribution in [2.24, 2.45) is 0 Å². The maximum atomic E-state index is 13.3. The Morgan fingerprint density at radius 1 is 1.18 bits per heavy atom. The zero-order valence-electron chi connectivity index (χ0n) is 19.5. The van der Waals surface area contributed by atoms with Gasteiger partial charge in [-0.15, -0.1) is 0 Å². The van der Waals surface area contributed by atoms with E-state index < -0.39 is 0 Å². The quantitative estimate of drug-likeness (QED) is 0.652. The fourth-order valence-electron chi connectivity index (χ4n) is 4.84. The highest BCUT2D eigenvalue weighted by atomic mass is 16.5. The molecular weight excluding hydrogens is 418 g/mol. The second-order valence-electron chi connectivity index (χ2n) is 10.1. The SMILES string of the molecule is COc1nccc2ccc(C(=O)N3CCC4(CC3)Cc3cn(C(C)(C)C)nc3C(=O)N4)cc12. The molecule has 0 bridgehead atoms. The molecule has 0 atom stereocenters. The van der Waals surface area contributed by atoms with Crippen molar-refractivity contribution in [2.75, 3.05) is 20.2 Å². The number of carbonyl (C=O) groups excluding carboxylic acids is 2. The Morgan fingerprint density at radius 2 is 1.94 bits per heavy atom. The standard InChI is InChI=1S/C25H29N5O3/c1-24(2,3)30-15-18-14-25(27-21(31)20(18)28-30)8-11-29(12-9-25)23(32)17-6-5-16-7-10-26-22(33-4)19(16)13-17/h5-7,10,13,15H,8-9,11-12,14H2,1-4H3,(H,27,31). The molecule has 8 nitrogen and oxygen atoms in total. The van der Waals surface area contributed by atoms with Crippen LogP contribution in [0.25, 0.3) is 10.8 Å². The average molecular weight is 448 g/mol. The molecule has 2 aliphatic rings. The lowest BCUT2D eigenvalue weighted by molar-refractivity contribution is 0.0605. The highest BCUT2D eigenvalue weighted by Gasteiger charge is 2.43. The number of benzene rings is 1. The summed E-state index contributed by atoms with van der Waals surface area (Å²) in [5.74, 6) is 0.380. The first kappa shape index (κ1) is 21.4. The maximum absolute atomic E-state index is 13.3. The summed E-state index contributed by atoms with van der Waals surface area (Å²) in [5.41, 5.74) is 1.61. The van der Waals surface area contributed by atoms with E-state index in [1.165, 1.54) is 0 Å². The Bertz CT molecular complexity index is 1250. The van der Waals surface area contributed by atoms with E-state index in [9.17, 15) is 9.59 Å². The zero-order chi connectivity index (χ0) is 23.4. The van der Waals surface area contributed by atoms with Crippen molar-refractivity contribution < 1.29 is 14.3 Å². The molecule has 2 amide bonds. The summed E-state index contributed by atoms with van der Waals surface area (Å²) in [7, 11) is 1.58.